The van der Waals surface area contributed by atoms with E-state index >= 15 is 0 Å². The first-order valence-electron chi connectivity index (χ1n) is 6.30. The number of hydrogen-bond donors (Lipinski definition) is 1. The van der Waals surface area contributed by atoms with Crippen molar-refractivity contribution >= 4 is 11.6 Å². The van der Waals surface area contributed by atoms with Gasteiger partial charge < -0.3 is 15.2 Å². The molecule has 3 nitrogen and oxygen atoms in total. The van der Waals surface area contributed by atoms with Crippen molar-refractivity contribution in [2.45, 2.75) is 44.8 Å². The zero-order valence-electron chi connectivity index (χ0n) is 11.1. The van der Waals surface area contributed by atoms with Crippen molar-refractivity contribution in [2.75, 3.05) is 7.11 Å². The number of nitrogens with two attached hydrogens (primary N) is 1. The van der Waals surface area contributed by atoms with Gasteiger partial charge in [-0.2, -0.15) is 0 Å². The van der Waals surface area contributed by atoms with Crippen molar-refractivity contribution in [3.8, 4) is 11.5 Å². The predicted molar refractivity (Wildman–Crippen MR) is 73.5 cm³/mol. The highest BCUT2D eigenvalue weighted by atomic mass is 35.5. The summed E-state index contributed by atoms with van der Waals surface area (Å²) in [5.74, 6) is 1.36. The van der Waals surface area contributed by atoms with Crippen LogP contribution in [0.3, 0.4) is 0 Å². The molecule has 1 aliphatic carbocycles. The minimum Gasteiger partial charge on any atom is -0.493 e. The molecule has 0 amide bonds. The van der Waals surface area contributed by atoms with Crippen LogP contribution in [0.2, 0.25) is 5.02 Å². The molecule has 1 aromatic carbocycles. The van der Waals surface area contributed by atoms with E-state index in [2.05, 4.69) is 0 Å². The van der Waals surface area contributed by atoms with Crippen molar-refractivity contribution in [2.24, 2.45) is 5.73 Å². The molecular weight excluding hydrogens is 250 g/mol. The van der Waals surface area contributed by atoms with E-state index in [9.17, 15) is 0 Å². The lowest BCUT2D eigenvalue weighted by Gasteiger charge is -2.39. The molecule has 0 heterocycles. The molecule has 0 unspecified atom stereocenters. The molecule has 2 N–H and O–H groups in total. The molecular formula is C14H20ClNO2. The molecule has 0 saturated heterocycles. The Morgan fingerprint density at radius 3 is 2.39 bits per heavy atom. The standard InChI is InChI=1S/C14H20ClNO2/c1-9(2)18-13-7-10(14(16)5-4-6-14)11(15)8-12(13)17-3/h7-9H,4-6,16H2,1-3H3. The van der Waals surface area contributed by atoms with Gasteiger partial charge in [0.05, 0.1) is 13.2 Å². The fourth-order valence-corrected chi connectivity index (χ4v) is 2.59. The van der Waals surface area contributed by atoms with Crippen molar-refractivity contribution in [3.05, 3.63) is 22.7 Å². The number of ether oxygens (including phenoxy) is 2. The Morgan fingerprint density at radius 2 is 1.94 bits per heavy atom. The Kier molecular flexibility index (Phi) is 3.74. The van der Waals surface area contributed by atoms with Gasteiger partial charge in [-0.15, -0.1) is 0 Å². The predicted octanol–water partition coefficient (Wildman–Crippen LogP) is 3.47. The SMILES string of the molecule is COc1cc(Cl)c(C2(N)CCC2)cc1OC(C)C. The first-order valence-corrected chi connectivity index (χ1v) is 6.67. The number of rotatable bonds is 4. The minimum absolute atomic E-state index is 0.0861. The van der Waals surface area contributed by atoms with Crippen molar-refractivity contribution in [1.82, 2.24) is 0 Å². The molecule has 1 aromatic rings. The normalized spacial score (nSPS) is 17.4. The third-order valence-electron chi connectivity index (χ3n) is 3.40. The summed E-state index contributed by atoms with van der Waals surface area (Å²) < 4.78 is 11.1. The van der Waals surface area contributed by atoms with Crippen LogP contribution in [0.4, 0.5) is 0 Å². The van der Waals surface area contributed by atoms with E-state index in [0.717, 1.165) is 24.8 Å². The molecule has 0 aliphatic heterocycles. The Morgan fingerprint density at radius 1 is 1.28 bits per heavy atom. The van der Waals surface area contributed by atoms with Crippen LogP contribution in [-0.2, 0) is 5.54 Å². The van der Waals surface area contributed by atoms with Crippen LogP contribution in [0.25, 0.3) is 0 Å². The highest BCUT2D eigenvalue weighted by molar-refractivity contribution is 6.31. The smallest absolute Gasteiger partial charge is 0.162 e. The van der Waals surface area contributed by atoms with Crippen LogP contribution >= 0.6 is 11.6 Å². The van der Waals surface area contributed by atoms with E-state index in [1.165, 1.54) is 0 Å². The summed E-state index contributed by atoms with van der Waals surface area (Å²) in [6.45, 7) is 3.96. The van der Waals surface area contributed by atoms with Gasteiger partial charge in [0.15, 0.2) is 11.5 Å². The summed E-state index contributed by atoms with van der Waals surface area (Å²) in [5, 5.41) is 0.658. The van der Waals surface area contributed by atoms with Crippen LogP contribution < -0.4 is 15.2 Å². The Bertz CT molecular complexity index is 442. The molecule has 0 spiro atoms. The average Bonchev–Trinajstić information content (AvgIpc) is 2.27. The molecule has 1 aliphatic rings. The topological polar surface area (TPSA) is 44.5 Å². The first kappa shape index (κ1) is 13.5. The van der Waals surface area contributed by atoms with Gasteiger partial charge in [0, 0.05) is 16.6 Å². The number of methoxy groups -OCH3 is 1. The lowest BCUT2D eigenvalue weighted by atomic mass is 9.72. The van der Waals surface area contributed by atoms with E-state index in [1.54, 1.807) is 13.2 Å². The maximum absolute atomic E-state index is 6.34. The third kappa shape index (κ3) is 2.43. The Labute approximate surface area is 113 Å². The molecule has 1 fully saturated rings. The van der Waals surface area contributed by atoms with E-state index < -0.39 is 0 Å². The van der Waals surface area contributed by atoms with Crippen LogP contribution in [0.5, 0.6) is 11.5 Å². The zero-order valence-corrected chi connectivity index (χ0v) is 11.9. The summed E-state index contributed by atoms with van der Waals surface area (Å²) in [4.78, 5) is 0. The number of hydrogen-bond acceptors (Lipinski definition) is 3. The van der Waals surface area contributed by atoms with E-state index in [0.29, 0.717) is 16.5 Å². The monoisotopic (exact) mass is 269 g/mol. The summed E-state index contributed by atoms with van der Waals surface area (Å²) in [6, 6.07) is 3.72. The van der Waals surface area contributed by atoms with Gasteiger partial charge in [-0.05, 0) is 44.7 Å². The van der Waals surface area contributed by atoms with Crippen LogP contribution in [0.15, 0.2) is 12.1 Å². The van der Waals surface area contributed by atoms with Gasteiger partial charge >= 0.3 is 0 Å². The molecule has 100 valence electrons. The minimum atomic E-state index is -0.293. The van der Waals surface area contributed by atoms with Gasteiger partial charge in [0.1, 0.15) is 0 Å². The Hall–Kier alpha value is -0.930. The second-order valence-corrected chi connectivity index (χ2v) is 5.57. The number of halogens is 1. The molecule has 0 bridgehead atoms. The van der Waals surface area contributed by atoms with E-state index in [1.807, 2.05) is 19.9 Å². The van der Waals surface area contributed by atoms with Crippen LogP contribution in [-0.4, -0.2) is 13.2 Å². The van der Waals surface area contributed by atoms with E-state index in [-0.39, 0.29) is 11.6 Å². The second-order valence-electron chi connectivity index (χ2n) is 5.16. The van der Waals surface area contributed by atoms with E-state index in [4.69, 9.17) is 26.8 Å². The van der Waals surface area contributed by atoms with Gasteiger partial charge in [-0.25, -0.2) is 0 Å². The van der Waals surface area contributed by atoms with Crippen molar-refractivity contribution in [3.63, 3.8) is 0 Å². The molecule has 0 aromatic heterocycles. The van der Waals surface area contributed by atoms with Gasteiger partial charge in [0.25, 0.3) is 0 Å². The van der Waals surface area contributed by atoms with Gasteiger partial charge in [0.2, 0.25) is 0 Å². The number of benzene rings is 1. The summed E-state index contributed by atoms with van der Waals surface area (Å²) >= 11 is 6.30. The summed E-state index contributed by atoms with van der Waals surface area (Å²) in [7, 11) is 1.61. The fourth-order valence-electron chi connectivity index (χ4n) is 2.25. The molecule has 2 rings (SSSR count). The first-order chi connectivity index (χ1) is 8.46. The summed E-state index contributed by atoms with van der Waals surface area (Å²) in [5.41, 5.74) is 7.01. The average molecular weight is 270 g/mol. The molecule has 4 heteroatoms. The van der Waals surface area contributed by atoms with Crippen LogP contribution in [0.1, 0.15) is 38.7 Å². The van der Waals surface area contributed by atoms with Gasteiger partial charge in [-0.3, -0.25) is 0 Å². The summed E-state index contributed by atoms with van der Waals surface area (Å²) in [6.07, 6.45) is 3.18. The van der Waals surface area contributed by atoms with Crippen LogP contribution in [0, 0.1) is 0 Å². The lowest BCUT2D eigenvalue weighted by molar-refractivity contribution is 0.224. The molecule has 18 heavy (non-hydrogen) atoms. The zero-order chi connectivity index (χ0) is 13.3. The lowest BCUT2D eigenvalue weighted by Crippen LogP contribution is -2.43. The third-order valence-corrected chi connectivity index (χ3v) is 3.71. The Balaban J connectivity index is 2.41. The highest BCUT2D eigenvalue weighted by Gasteiger charge is 2.36. The van der Waals surface area contributed by atoms with Crippen molar-refractivity contribution in [1.29, 1.82) is 0 Å². The largest absolute Gasteiger partial charge is 0.493 e. The van der Waals surface area contributed by atoms with Gasteiger partial charge in [-0.1, -0.05) is 11.6 Å². The quantitative estimate of drug-likeness (QED) is 0.910. The maximum Gasteiger partial charge on any atom is 0.162 e. The molecule has 0 radical (unpaired) electrons. The molecule has 0 atom stereocenters. The fraction of sp³-hybridized carbons (Fsp3) is 0.571. The maximum atomic E-state index is 6.34. The molecule has 1 saturated carbocycles. The highest BCUT2D eigenvalue weighted by Crippen LogP contribution is 2.45. The van der Waals surface area contributed by atoms with Crippen molar-refractivity contribution < 1.29 is 9.47 Å². The second kappa shape index (κ2) is 4.98.